The van der Waals surface area contributed by atoms with Crippen molar-refractivity contribution in [1.29, 1.82) is 0 Å². The van der Waals surface area contributed by atoms with Crippen LogP contribution in [0.15, 0.2) is 12.1 Å². The third-order valence-electron chi connectivity index (χ3n) is 1.92. The zero-order chi connectivity index (χ0) is 12.3. The number of ether oxygens (including phenoxy) is 3. The van der Waals surface area contributed by atoms with Crippen molar-refractivity contribution in [3.63, 3.8) is 0 Å². The topological polar surface area (TPSA) is 27.7 Å². The Kier molecular flexibility index (Phi) is 3.57. The van der Waals surface area contributed by atoms with Gasteiger partial charge in [-0.3, -0.25) is 0 Å². The molecule has 1 aliphatic rings. The van der Waals surface area contributed by atoms with E-state index in [1.165, 1.54) is 19.2 Å². The average Bonchev–Trinajstić information content (AvgIpc) is 2.53. The standard InChI is InChI=1S/C9H8F2O3.C2H6/c1-5-3-7-8(4-6(5)12-2)14-9(10,11)13-7;1-2/h3-4H,1-2H3;1-2H3. The van der Waals surface area contributed by atoms with Gasteiger partial charge in [0, 0.05) is 6.07 Å². The second-order valence-electron chi connectivity index (χ2n) is 2.94. The zero-order valence-corrected chi connectivity index (χ0v) is 9.64. The highest BCUT2D eigenvalue weighted by atomic mass is 19.3. The Morgan fingerprint density at radius 1 is 1.12 bits per heavy atom. The summed E-state index contributed by atoms with van der Waals surface area (Å²) in [5.41, 5.74) is 0.715. The first-order valence-corrected chi connectivity index (χ1v) is 4.96. The molecule has 0 amide bonds. The number of methoxy groups -OCH3 is 1. The fourth-order valence-corrected chi connectivity index (χ4v) is 1.30. The molecule has 0 saturated heterocycles. The van der Waals surface area contributed by atoms with Gasteiger partial charge in [0.05, 0.1) is 7.11 Å². The summed E-state index contributed by atoms with van der Waals surface area (Å²) in [7, 11) is 1.46. The molecule has 0 aliphatic carbocycles. The summed E-state index contributed by atoms with van der Waals surface area (Å²) in [6.07, 6.45) is -3.57. The van der Waals surface area contributed by atoms with Gasteiger partial charge in [0.2, 0.25) is 0 Å². The minimum atomic E-state index is -3.57. The van der Waals surface area contributed by atoms with E-state index in [0.29, 0.717) is 11.3 Å². The molecule has 2 rings (SSSR count). The number of hydrogen-bond acceptors (Lipinski definition) is 3. The molecule has 0 unspecified atom stereocenters. The van der Waals surface area contributed by atoms with Gasteiger partial charge in [-0.05, 0) is 18.6 Å². The molecule has 3 nitrogen and oxygen atoms in total. The first-order valence-electron chi connectivity index (χ1n) is 4.96. The maximum Gasteiger partial charge on any atom is 0.586 e. The first-order chi connectivity index (χ1) is 7.52. The third-order valence-corrected chi connectivity index (χ3v) is 1.92. The Hall–Kier alpha value is -1.52. The molecule has 0 aromatic heterocycles. The second kappa shape index (κ2) is 4.55. The Bertz CT molecular complexity index is 378. The third kappa shape index (κ3) is 2.35. The highest BCUT2D eigenvalue weighted by molar-refractivity contribution is 5.51. The first kappa shape index (κ1) is 12.5. The summed E-state index contributed by atoms with van der Waals surface area (Å²) in [6, 6.07) is 2.83. The second-order valence-corrected chi connectivity index (χ2v) is 2.94. The molecule has 16 heavy (non-hydrogen) atoms. The van der Waals surface area contributed by atoms with E-state index in [0.717, 1.165) is 0 Å². The van der Waals surface area contributed by atoms with E-state index in [9.17, 15) is 8.78 Å². The summed E-state index contributed by atoms with van der Waals surface area (Å²) in [4.78, 5) is 0. The lowest BCUT2D eigenvalue weighted by molar-refractivity contribution is -0.286. The van der Waals surface area contributed by atoms with Gasteiger partial charge in [-0.1, -0.05) is 13.8 Å². The molecule has 0 N–H and O–H groups in total. The predicted molar refractivity (Wildman–Crippen MR) is 55.3 cm³/mol. The Morgan fingerprint density at radius 3 is 2.12 bits per heavy atom. The van der Waals surface area contributed by atoms with Crippen molar-refractivity contribution in [1.82, 2.24) is 0 Å². The molecule has 0 saturated carbocycles. The Balaban J connectivity index is 0.000000606. The number of halogens is 2. The fourth-order valence-electron chi connectivity index (χ4n) is 1.30. The number of rotatable bonds is 1. The summed E-state index contributed by atoms with van der Waals surface area (Å²) in [5, 5.41) is 0. The van der Waals surface area contributed by atoms with Crippen LogP contribution in [0.5, 0.6) is 17.2 Å². The molecule has 0 spiro atoms. The van der Waals surface area contributed by atoms with Crippen molar-refractivity contribution in [3.8, 4) is 17.2 Å². The van der Waals surface area contributed by atoms with Gasteiger partial charge in [-0.25, -0.2) is 0 Å². The molecule has 5 heteroatoms. The van der Waals surface area contributed by atoms with Gasteiger partial charge >= 0.3 is 6.29 Å². The average molecular weight is 232 g/mol. The fraction of sp³-hybridized carbons (Fsp3) is 0.455. The van der Waals surface area contributed by atoms with Crippen LogP contribution in [0.1, 0.15) is 19.4 Å². The van der Waals surface area contributed by atoms with E-state index in [2.05, 4.69) is 9.47 Å². The van der Waals surface area contributed by atoms with Crippen LogP contribution < -0.4 is 14.2 Å². The van der Waals surface area contributed by atoms with Gasteiger partial charge < -0.3 is 14.2 Å². The van der Waals surface area contributed by atoms with E-state index in [1.807, 2.05) is 13.8 Å². The van der Waals surface area contributed by atoms with Crippen LogP contribution in [-0.4, -0.2) is 13.4 Å². The van der Waals surface area contributed by atoms with Crippen LogP contribution in [0.2, 0.25) is 0 Å². The maximum atomic E-state index is 12.6. The highest BCUT2D eigenvalue weighted by Gasteiger charge is 2.43. The summed E-state index contributed by atoms with van der Waals surface area (Å²) in [6.45, 7) is 5.74. The Morgan fingerprint density at radius 2 is 1.62 bits per heavy atom. The molecule has 0 bridgehead atoms. The van der Waals surface area contributed by atoms with Crippen molar-refractivity contribution in [2.24, 2.45) is 0 Å². The van der Waals surface area contributed by atoms with E-state index < -0.39 is 6.29 Å². The molecule has 90 valence electrons. The van der Waals surface area contributed by atoms with Crippen molar-refractivity contribution in [2.75, 3.05) is 7.11 Å². The largest absolute Gasteiger partial charge is 0.586 e. The molecule has 1 heterocycles. The Labute approximate surface area is 92.9 Å². The van der Waals surface area contributed by atoms with Crippen LogP contribution in [0.4, 0.5) is 8.78 Å². The lowest BCUT2D eigenvalue weighted by Crippen LogP contribution is -2.25. The number of benzene rings is 1. The molecule has 0 radical (unpaired) electrons. The molecule has 1 aliphatic heterocycles. The van der Waals surface area contributed by atoms with Crippen LogP contribution in [0.3, 0.4) is 0 Å². The summed E-state index contributed by atoms with van der Waals surface area (Å²) < 4.78 is 38.7. The lowest BCUT2D eigenvalue weighted by Gasteiger charge is -2.04. The van der Waals surface area contributed by atoms with Gasteiger partial charge in [-0.15, -0.1) is 8.78 Å². The summed E-state index contributed by atoms with van der Waals surface area (Å²) in [5.74, 6) is 0.524. The smallest absolute Gasteiger partial charge is 0.496 e. The predicted octanol–water partition coefficient (Wildman–Crippen LogP) is 3.35. The number of hydrogen-bond donors (Lipinski definition) is 0. The van der Waals surface area contributed by atoms with Crippen LogP contribution in [0, 0.1) is 6.92 Å². The van der Waals surface area contributed by atoms with Crippen LogP contribution in [-0.2, 0) is 0 Å². The van der Waals surface area contributed by atoms with Gasteiger partial charge in [0.25, 0.3) is 0 Å². The quantitative estimate of drug-likeness (QED) is 0.743. The molecule has 0 atom stereocenters. The van der Waals surface area contributed by atoms with Crippen molar-refractivity contribution in [3.05, 3.63) is 17.7 Å². The minimum absolute atomic E-state index is 0.00236. The van der Waals surface area contributed by atoms with Gasteiger partial charge in [0.15, 0.2) is 11.5 Å². The molecule has 0 fully saturated rings. The monoisotopic (exact) mass is 232 g/mol. The number of fused-ring (bicyclic) bond motifs is 1. The normalized spacial score (nSPS) is 15.1. The van der Waals surface area contributed by atoms with Gasteiger partial charge in [0.1, 0.15) is 5.75 Å². The minimum Gasteiger partial charge on any atom is -0.496 e. The number of aryl methyl sites for hydroxylation is 1. The van der Waals surface area contributed by atoms with Gasteiger partial charge in [-0.2, -0.15) is 0 Å². The SMILES string of the molecule is CC.COc1cc2c(cc1C)OC(F)(F)O2. The molecule has 1 aromatic carbocycles. The van der Waals surface area contributed by atoms with Crippen LogP contribution >= 0.6 is 0 Å². The van der Waals surface area contributed by atoms with E-state index in [1.54, 1.807) is 6.92 Å². The molecule has 1 aromatic rings. The molecular formula is C11H14F2O3. The van der Waals surface area contributed by atoms with Crippen molar-refractivity contribution in [2.45, 2.75) is 27.1 Å². The van der Waals surface area contributed by atoms with E-state index >= 15 is 0 Å². The summed E-state index contributed by atoms with van der Waals surface area (Å²) >= 11 is 0. The van der Waals surface area contributed by atoms with E-state index in [4.69, 9.17) is 4.74 Å². The van der Waals surface area contributed by atoms with Crippen LogP contribution in [0.25, 0.3) is 0 Å². The van der Waals surface area contributed by atoms with Crippen molar-refractivity contribution >= 4 is 0 Å². The maximum absolute atomic E-state index is 12.6. The van der Waals surface area contributed by atoms with Crippen molar-refractivity contribution < 1.29 is 23.0 Å². The zero-order valence-electron chi connectivity index (χ0n) is 9.64. The highest BCUT2D eigenvalue weighted by Crippen LogP contribution is 2.44. The lowest BCUT2D eigenvalue weighted by atomic mass is 10.2. The number of alkyl halides is 2. The molecular weight excluding hydrogens is 218 g/mol. The van der Waals surface area contributed by atoms with E-state index in [-0.39, 0.29) is 11.5 Å².